The van der Waals surface area contributed by atoms with Gasteiger partial charge in [-0.1, -0.05) is 12.1 Å². The maximum absolute atomic E-state index is 13.7. The number of hydrogen-bond acceptors (Lipinski definition) is 5. The highest BCUT2D eigenvalue weighted by Gasteiger charge is 2.34. The Hall–Kier alpha value is -3.53. The fraction of sp³-hybridized carbons (Fsp3) is 0.261. The maximum Gasteiger partial charge on any atom is 0.422 e. The summed E-state index contributed by atoms with van der Waals surface area (Å²) in [7, 11) is 0. The monoisotopic (exact) mass is 461 g/mol. The van der Waals surface area contributed by atoms with Crippen LogP contribution in [0.1, 0.15) is 35.5 Å². The minimum Gasteiger partial charge on any atom is -0.483 e. The van der Waals surface area contributed by atoms with Gasteiger partial charge in [-0.25, -0.2) is 14.4 Å². The second kappa shape index (κ2) is 8.11. The molecule has 0 fully saturated rings. The van der Waals surface area contributed by atoms with Crippen LogP contribution in [0.3, 0.4) is 0 Å². The standard InChI is InChI=1S/C23H19F4N3O3/c1-22(2,32)13-3-6-15(7-4-13)30-10-17-19(28-12-29-20(17)21(30)31)16-8-5-14(24)9-18(16)33-11-23(25,26)27/h3-9,12,32H,10-11H2,1-2H3. The first-order valence-electron chi connectivity index (χ1n) is 9.92. The van der Waals surface area contributed by atoms with Crippen molar-refractivity contribution in [3.8, 4) is 17.0 Å². The number of alkyl halides is 3. The third-order valence-corrected chi connectivity index (χ3v) is 5.18. The summed E-state index contributed by atoms with van der Waals surface area (Å²) in [6.45, 7) is 1.74. The zero-order valence-corrected chi connectivity index (χ0v) is 17.7. The lowest BCUT2D eigenvalue weighted by Gasteiger charge is -2.20. The summed E-state index contributed by atoms with van der Waals surface area (Å²) >= 11 is 0. The van der Waals surface area contributed by atoms with Gasteiger partial charge in [0.25, 0.3) is 5.91 Å². The topological polar surface area (TPSA) is 75.6 Å². The molecule has 2 aromatic carbocycles. The predicted octanol–water partition coefficient (Wildman–Crippen LogP) is 4.61. The molecule has 1 N–H and O–H groups in total. The van der Waals surface area contributed by atoms with Crippen LogP contribution in [0.2, 0.25) is 0 Å². The molecule has 1 aliphatic heterocycles. The molecule has 0 saturated heterocycles. The Labute approximate surface area is 186 Å². The molecule has 0 atom stereocenters. The van der Waals surface area contributed by atoms with E-state index in [-0.39, 0.29) is 29.2 Å². The first kappa shape index (κ1) is 22.7. The van der Waals surface area contributed by atoms with Gasteiger partial charge in [-0.2, -0.15) is 13.2 Å². The molecule has 1 aliphatic rings. The molecule has 1 amide bonds. The minimum atomic E-state index is -4.61. The zero-order valence-electron chi connectivity index (χ0n) is 17.7. The van der Waals surface area contributed by atoms with Crippen molar-refractivity contribution in [1.82, 2.24) is 9.97 Å². The van der Waals surface area contributed by atoms with E-state index < -0.39 is 30.1 Å². The van der Waals surface area contributed by atoms with E-state index in [1.54, 1.807) is 38.1 Å². The predicted molar refractivity (Wildman–Crippen MR) is 111 cm³/mol. The summed E-state index contributed by atoms with van der Waals surface area (Å²) in [4.78, 5) is 22.7. The second-order valence-corrected chi connectivity index (χ2v) is 8.09. The number of fused-ring (bicyclic) bond motifs is 1. The third-order valence-electron chi connectivity index (χ3n) is 5.18. The van der Waals surface area contributed by atoms with Gasteiger partial charge in [0.05, 0.1) is 17.8 Å². The van der Waals surface area contributed by atoms with Gasteiger partial charge < -0.3 is 14.7 Å². The highest BCUT2D eigenvalue weighted by molar-refractivity contribution is 6.09. The highest BCUT2D eigenvalue weighted by Crippen LogP contribution is 2.37. The summed E-state index contributed by atoms with van der Waals surface area (Å²) in [6, 6.07) is 9.94. The average molecular weight is 461 g/mol. The molecule has 1 aromatic heterocycles. The Morgan fingerprint density at radius 1 is 1.06 bits per heavy atom. The van der Waals surface area contributed by atoms with Crippen LogP contribution in [0.15, 0.2) is 48.8 Å². The molecule has 6 nitrogen and oxygen atoms in total. The second-order valence-electron chi connectivity index (χ2n) is 8.09. The molecule has 4 rings (SSSR count). The maximum atomic E-state index is 13.7. The lowest BCUT2D eigenvalue weighted by Crippen LogP contribution is -2.23. The summed E-state index contributed by atoms with van der Waals surface area (Å²) in [5, 5.41) is 10.1. The smallest absolute Gasteiger partial charge is 0.422 e. The van der Waals surface area contributed by atoms with E-state index in [9.17, 15) is 27.5 Å². The van der Waals surface area contributed by atoms with Crippen LogP contribution in [0.25, 0.3) is 11.3 Å². The van der Waals surface area contributed by atoms with Crippen LogP contribution in [-0.4, -0.2) is 33.8 Å². The van der Waals surface area contributed by atoms with E-state index >= 15 is 0 Å². The van der Waals surface area contributed by atoms with Crippen LogP contribution in [-0.2, 0) is 12.1 Å². The van der Waals surface area contributed by atoms with Crippen LogP contribution in [0.5, 0.6) is 5.75 Å². The largest absolute Gasteiger partial charge is 0.483 e. The number of aliphatic hydroxyl groups is 1. The number of ether oxygens (including phenoxy) is 1. The fourth-order valence-electron chi connectivity index (χ4n) is 3.56. The van der Waals surface area contributed by atoms with Gasteiger partial charge in [0.15, 0.2) is 6.61 Å². The normalized spacial score (nSPS) is 13.9. The molecule has 0 saturated carbocycles. The lowest BCUT2D eigenvalue weighted by atomic mass is 9.98. The van der Waals surface area contributed by atoms with Gasteiger partial charge >= 0.3 is 6.18 Å². The van der Waals surface area contributed by atoms with Crippen LogP contribution < -0.4 is 9.64 Å². The molecule has 2 heterocycles. The van der Waals surface area contributed by atoms with E-state index in [2.05, 4.69) is 9.97 Å². The number of halogens is 4. The van der Waals surface area contributed by atoms with Crippen LogP contribution >= 0.6 is 0 Å². The number of hydrogen-bond donors (Lipinski definition) is 1. The SMILES string of the molecule is CC(C)(O)c1ccc(N2Cc3c(ncnc3-c3ccc(F)cc3OCC(F)(F)F)C2=O)cc1. The van der Waals surface area contributed by atoms with E-state index in [1.807, 2.05) is 0 Å². The Morgan fingerprint density at radius 3 is 2.36 bits per heavy atom. The first-order chi connectivity index (χ1) is 15.4. The number of anilines is 1. The number of carbonyl (C=O) groups is 1. The zero-order chi connectivity index (χ0) is 24.0. The van der Waals surface area contributed by atoms with Crippen molar-refractivity contribution in [2.45, 2.75) is 32.2 Å². The summed E-state index contributed by atoms with van der Waals surface area (Å²) in [5.41, 5.74) is 0.936. The Kier molecular flexibility index (Phi) is 5.57. The number of carbonyl (C=O) groups excluding carboxylic acids is 1. The number of amides is 1. The summed E-state index contributed by atoms with van der Waals surface area (Å²) in [5.74, 6) is -1.52. The van der Waals surface area contributed by atoms with Gasteiger partial charge in [-0.3, -0.25) is 4.79 Å². The fourth-order valence-corrected chi connectivity index (χ4v) is 3.56. The van der Waals surface area contributed by atoms with Gasteiger partial charge in [0.1, 0.15) is 23.6 Å². The molecule has 0 aliphatic carbocycles. The Morgan fingerprint density at radius 2 is 1.73 bits per heavy atom. The average Bonchev–Trinajstić information content (AvgIpc) is 3.08. The van der Waals surface area contributed by atoms with Crippen molar-refractivity contribution in [2.75, 3.05) is 11.5 Å². The highest BCUT2D eigenvalue weighted by atomic mass is 19.4. The molecular weight excluding hydrogens is 442 g/mol. The summed E-state index contributed by atoms with van der Waals surface area (Å²) < 4.78 is 56.6. The molecule has 3 aromatic rings. The van der Waals surface area contributed by atoms with E-state index in [4.69, 9.17) is 4.74 Å². The third kappa shape index (κ3) is 4.65. The van der Waals surface area contributed by atoms with E-state index in [1.165, 1.54) is 11.0 Å². The van der Waals surface area contributed by atoms with E-state index in [0.717, 1.165) is 18.5 Å². The molecule has 0 unspecified atom stereocenters. The van der Waals surface area contributed by atoms with Crippen molar-refractivity contribution < 1.29 is 32.2 Å². The minimum absolute atomic E-state index is 0.0578. The quantitative estimate of drug-likeness (QED) is 0.562. The van der Waals surface area contributed by atoms with Crippen LogP contribution in [0, 0.1) is 5.82 Å². The molecule has 0 spiro atoms. The number of aromatic nitrogens is 2. The number of benzene rings is 2. The molecule has 172 valence electrons. The van der Waals surface area contributed by atoms with Crippen LogP contribution in [0.4, 0.5) is 23.2 Å². The van der Waals surface area contributed by atoms with Crippen molar-refractivity contribution >= 4 is 11.6 Å². The molecule has 33 heavy (non-hydrogen) atoms. The lowest BCUT2D eigenvalue weighted by molar-refractivity contribution is -0.153. The van der Waals surface area contributed by atoms with Gasteiger partial charge in [0, 0.05) is 22.9 Å². The molecule has 0 radical (unpaired) electrons. The van der Waals surface area contributed by atoms with Gasteiger partial charge in [-0.05, 0) is 43.7 Å². The molecule has 0 bridgehead atoms. The van der Waals surface area contributed by atoms with Gasteiger partial charge in [0.2, 0.25) is 0 Å². The molecule has 10 heteroatoms. The number of nitrogens with zero attached hydrogens (tertiary/aromatic N) is 3. The first-order valence-corrected chi connectivity index (χ1v) is 9.92. The van der Waals surface area contributed by atoms with E-state index in [0.29, 0.717) is 16.8 Å². The molecular formula is C23H19F4N3O3. The van der Waals surface area contributed by atoms with Crippen molar-refractivity contribution in [2.24, 2.45) is 0 Å². The van der Waals surface area contributed by atoms with Crippen molar-refractivity contribution in [3.63, 3.8) is 0 Å². The van der Waals surface area contributed by atoms with Gasteiger partial charge in [-0.15, -0.1) is 0 Å². The van der Waals surface area contributed by atoms with Crippen molar-refractivity contribution in [3.05, 3.63) is 71.4 Å². The number of rotatable bonds is 5. The summed E-state index contributed by atoms with van der Waals surface area (Å²) in [6.07, 6.45) is -3.48. The van der Waals surface area contributed by atoms with Crippen molar-refractivity contribution in [1.29, 1.82) is 0 Å². The Bertz CT molecular complexity index is 1210. The Balaban J connectivity index is 1.70.